The van der Waals surface area contributed by atoms with Crippen LogP contribution in [0.2, 0.25) is 5.02 Å². The highest BCUT2D eigenvalue weighted by atomic mass is 79.9. The smallest absolute Gasteiger partial charge is 0.148 e. The van der Waals surface area contributed by atoms with Crippen molar-refractivity contribution in [1.82, 2.24) is 0 Å². The molecule has 2 rings (SSSR count). The second-order valence-electron chi connectivity index (χ2n) is 3.60. The molecule has 0 amide bonds. The first-order chi connectivity index (χ1) is 8.47. The minimum absolute atomic E-state index is 0.185. The van der Waals surface area contributed by atoms with E-state index in [-0.39, 0.29) is 15.8 Å². The molecule has 0 atom stereocenters. The summed E-state index contributed by atoms with van der Waals surface area (Å²) in [4.78, 5) is 0. The van der Waals surface area contributed by atoms with E-state index in [1.807, 2.05) is 0 Å². The summed E-state index contributed by atoms with van der Waals surface area (Å²) in [5.74, 6) is -0.989. The van der Waals surface area contributed by atoms with E-state index in [1.54, 1.807) is 6.07 Å². The summed E-state index contributed by atoms with van der Waals surface area (Å²) in [5, 5.41) is 3.08. The summed E-state index contributed by atoms with van der Waals surface area (Å²) in [6.45, 7) is 0. The molecule has 0 aromatic heterocycles. The van der Waals surface area contributed by atoms with Gasteiger partial charge in [-0.25, -0.2) is 8.78 Å². The SMILES string of the molecule is Nc1cc(F)c(Br)cc1Nc1ccc(Cl)cc1F. The fourth-order valence-corrected chi connectivity index (χ4v) is 1.91. The van der Waals surface area contributed by atoms with Crippen LogP contribution in [0.3, 0.4) is 0 Å². The molecule has 0 heterocycles. The van der Waals surface area contributed by atoms with Gasteiger partial charge in [-0.15, -0.1) is 0 Å². The molecular formula is C12H8BrClF2N2. The molecule has 0 unspecified atom stereocenters. The first-order valence-corrected chi connectivity index (χ1v) is 6.11. The monoisotopic (exact) mass is 332 g/mol. The van der Waals surface area contributed by atoms with Crippen LogP contribution in [0, 0.1) is 11.6 Å². The van der Waals surface area contributed by atoms with Crippen LogP contribution in [0.15, 0.2) is 34.8 Å². The Morgan fingerprint density at radius 2 is 1.78 bits per heavy atom. The molecule has 94 valence electrons. The molecule has 3 N–H and O–H groups in total. The average molecular weight is 334 g/mol. The molecule has 0 aliphatic rings. The van der Waals surface area contributed by atoms with E-state index in [0.717, 1.165) is 6.07 Å². The van der Waals surface area contributed by atoms with Crippen LogP contribution in [0.4, 0.5) is 25.8 Å². The van der Waals surface area contributed by atoms with Crippen molar-refractivity contribution in [3.05, 3.63) is 51.5 Å². The van der Waals surface area contributed by atoms with Crippen molar-refractivity contribution in [1.29, 1.82) is 0 Å². The largest absolute Gasteiger partial charge is 0.397 e. The van der Waals surface area contributed by atoms with Crippen molar-refractivity contribution in [2.45, 2.75) is 0 Å². The Balaban J connectivity index is 2.37. The average Bonchev–Trinajstić information content (AvgIpc) is 2.29. The molecular weight excluding hydrogens is 325 g/mol. The Bertz CT molecular complexity index is 605. The molecule has 2 aromatic rings. The van der Waals surface area contributed by atoms with E-state index in [9.17, 15) is 8.78 Å². The van der Waals surface area contributed by atoms with Crippen LogP contribution >= 0.6 is 27.5 Å². The maximum atomic E-state index is 13.6. The van der Waals surface area contributed by atoms with Gasteiger partial charge in [0.25, 0.3) is 0 Å². The molecule has 0 aliphatic heterocycles. The van der Waals surface area contributed by atoms with Crippen LogP contribution in [0.5, 0.6) is 0 Å². The Morgan fingerprint density at radius 1 is 1.06 bits per heavy atom. The van der Waals surface area contributed by atoms with E-state index in [4.69, 9.17) is 17.3 Å². The van der Waals surface area contributed by atoms with Gasteiger partial charge >= 0.3 is 0 Å². The Labute approximate surface area is 116 Å². The first kappa shape index (κ1) is 13.1. The number of hydrogen-bond donors (Lipinski definition) is 2. The number of anilines is 3. The normalized spacial score (nSPS) is 10.4. The maximum Gasteiger partial charge on any atom is 0.148 e. The number of rotatable bonds is 2. The highest BCUT2D eigenvalue weighted by Crippen LogP contribution is 2.30. The highest BCUT2D eigenvalue weighted by Gasteiger charge is 2.08. The summed E-state index contributed by atoms with van der Waals surface area (Å²) in [6.07, 6.45) is 0. The second-order valence-corrected chi connectivity index (χ2v) is 4.89. The standard InChI is InChI=1S/C12H8BrClF2N2/c13-7-4-12(10(17)5-8(7)15)18-11-2-1-6(14)3-9(11)16/h1-5,18H,17H2. The third kappa shape index (κ3) is 2.73. The molecule has 0 radical (unpaired) electrons. The molecule has 0 saturated heterocycles. The zero-order valence-corrected chi connectivity index (χ0v) is 11.3. The van der Waals surface area contributed by atoms with Gasteiger partial charge in [0.15, 0.2) is 0 Å². The van der Waals surface area contributed by atoms with E-state index < -0.39 is 11.6 Å². The van der Waals surface area contributed by atoms with Gasteiger partial charge in [0.1, 0.15) is 11.6 Å². The maximum absolute atomic E-state index is 13.6. The van der Waals surface area contributed by atoms with Crippen molar-refractivity contribution in [2.24, 2.45) is 0 Å². The van der Waals surface area contributed by atoms with Gasteiger partial charge in [-0.05, 0) is 40.2 Å². The van der Waals surface area contributed by atoms with E-state index >= 15 is 0 Å². The molecule has 2 nitrogen and oxygen atoms in total. The zero-order chi connectivity index (χ0) is 13.3. The topological polar surface area (TPSA) is 38.0 Å². The third-order valence-corrected chi connectivity index (χ3v) is 3.14. The minimum Gasteiger partial charge on any atom is -0.397 e. The number of hydrogen-bond acceptors (Lipinski definition) is 2. The molecule has 0 aliphatic carbocycles. The fraction of sp³-hybridized carbons (Fsp3) is 0. The van der Waals surface area contributed by atoms with E-state index in [0.29, 0.717) is 10.7 Å². The van der Waals surface area contributed by atoms with Crippen molar-refractivity contribution in [3.8, 4) is 0 Å². The quantitative estimate of drug-likeness (QED) is 0.781. The van der Waals surface area contributed by atoms with Crippen LogP contribution in [0.25, 0.3) is 0 Å². The van der Waals surface area contributed by atoms with Gasteiger partial charge in [-0.3, -0.25) is 0 Å². The predicted molar refractivity (Wildman–Crippen MR) is 73.2 cm³/mol. The van der Waals surface area contributed by atoms with Gasteiger partial charge in [0, 0.05) is 11.1 Å². The lowest BCUT2D eigenvalue weighted by Crippen LogP contribution is -1.99. The van der Waals surface area contributed by atoms with Gasteiger partial charge in [-0.1, -0.05) is 11.6 Å². The molecule has 18 heavy (non-hydrogen) atoms. The number of nitrogen functional groups attached to an aromatic ring is 1. The summed E-state index contributed by atoms with van der Waals surface area (Å²) in [6, 6.07) is 6.80. The lowest BCUT2D eigenvalue weighted by Gasteiger charge is -2.11. The van der Waals surface area contributed by atoms with Gasteiger partial charge in [-0.2, -0.15) is 0 Å². The van der Waals surface area contributed by atoms with Gasteiger partial charge in [0.2, 0.25) is 0 Å². The van der Waals surface area contributed by atoms with Gasteiger partial charge < -0.3 is 11.1 Å². The fourth-order valence-electron chi connectivity index (χ4n) is 1.41. The summed E-state index contributed by atoms with van der Waals surface area (Å²) in [5.41, 5.74) is 6.45. The number of benzene rings is 2. The lowest BCUT2D eigenvalue weighted by atomic mass is 10.2. The van der Waals surface area contributed by atoms with Crippen molar-refractivity contribution in [3.63, 3.8) is 0 Å². The van der Waals surface area contributed by atoms with E-state index in [2.05, 4.69) is 21.2 Å². The Kier molecular flexibility index (Phi) is 3.73. The van der Waals surface area contributed by atoms with Gasteiger partial charge in [0.05, 0.1) is 21.5 Å². The van der Waals surface area contributed by atoms with Crippen molar-refractivity contribution in [2.75, 3.05) is 11.1 Å². The van der Waals surface area contributed by atoms with Crippen LogP contribution < -0.4 is 11.1 Å². The zero-order valence-electron chi connectivity index (χ0n) is 8.98. The van der Waals surface area contributed by atoms with Crippen molar-refractivity contribution >= 4 is 44.6 Å². The van der Waals surface area contributed by atoms with E-state index in [1.165, 1.54) is 18.2 Å². The lowest BCUT2D eigenvalue weighted by molar-refractivity contribution is 0.622. The first-order valence-electron chi connectivity index (χ1n) is 4.94. The summed E-state index contributed by atoms with van der Waals surface area (Å²) < 4.78 is 27.0. The van der Waals surface area contributed by atoms with Crippen LogP contribution in [-0.4, -0.2) is 0 Å². The number of halogens is 4. The second kappa shape index (κ2) is 5.12. The number of nitrogens with two attached hydrogens (primary N) is 1. The Morgan fingerprint density at radius 3 is 2.44 bits per heavy atom. The summed E-state index contributed by atoms with van der Waals surface area (Å²) in [7, 11) is 0. The molecule has 2 aromatic carbocycles. The molecule has 0 saturated carbocycles. The molecule has 0 spiro atoms. The Hall–Kier alpha value is -1.33. The minimum atomic E-state index is -0.512. The van der Waals surface area contributed by atoms with Crippen LogP contribution in [-0.2, 0) is 0 Å². The molecule has 0 fully saturated rings. The molecule has 0 bridgehead atoms. The van der Waals surface area contributed by atoms with Crippen LogP contribution in [0.1, 0.15) is 0 Å². The number of nitrogens with one attached hydrogen (secondary N) is 1. The third-order valence-electron chi connectivity index (χ3n) is 2.29. The predicted octanol–water partition coefficient (Wildman–Crippen LogP) is 4.71. The highest BCUT2D eigenvalue weighted by molar-refractivity contribution is 9.10. The van der Waals surface area contributed by atoms with Crippen molar-refractivity contribution < 1.29 is 8.78 Å². The summed E-state index contributed by atoms with van der Waals surface area (Å²) >= 11 is 8.69. The molecule has 6 heteroatoms.